The number of carbonyl (C=O) groups excluding carboxylic acids is 1. The minimum absolute atomic E-state index is 0.259. The molecule has 1 amide bonds. The number of pyridine rings is 2. The molecule has 0 bridgehead atoms. The lowest BCUT2D eigenvalue weighted by Gasteiger charge is -2.36. The van der Waals surface area contributed by atoms with Gasteiger partial charge in [-0.05, 0) is 57.4 Å². The summed E-state index contributed by atoms with van der Waals surface area (Å²) in [7, 11) is 0. The summed E-state index contributed by atoms with van der Waals surface area (Å²) in [6, 6.07) is 5.80. The van der Waals surface area contributed by atoms with Crippen molar-refractivity contribution in [2.75, 3.05) is 31.1 Å². The lowest BCUT2D eigenvalue weighted by molar-refractivity contribution is -0.137. The average Bonchev–Trinajstić information content (AvgIpc) is 2.83. The van der Waals surface area contributed by atoms with E-state index in [1.807, 2.05) is 6.07 Å². The van der Waals surface area contributed by atoms with E-state index in [1.165, 1.54) is 32.1 Å². The number of hydrogen-bond donors (Lipinski definition) is 0. The number of aromatic nitrogens is 2. The Morgan fingerprint density at radius 3 is 2.36 bits per heavy atom. The van der Waals surface area contributed by atoms with Gasteiger partial charge in [-0.3, -0.25) is 4.98 Å². The molecular formula is C27H35F3N4O2. The number of rotatable bonds is 4. The number of ether oxygens (including phenoxy) is 1. The highest BCUT2D eigenvalue weighted by Gasteiger charge is 2.33. The molecule has 0 atom stereocenters. The van der Waals surface area contributed by atoms with Crippen LogP contribution in [0.15, 0.2) is 30.5 Å². The molecule has 2 aromatic rings. The second-order valence-corrected chi connectivity index (χ2v) is 10.8. The second kappa shape index (κ2) is 10.6. The van der Waals surface area contributed by atoms with Gasteiger partial charge in [-0.25, -0.2) is 9.78 Å². The van der Waals surface area contributed by atoms with Crippen molar-refractivity contribution in [1.82, 2.24) is 14.9 Å². The molecule has 2 aromatic heterocycles. The number of piperazine rings is 1. The molecular weight excluding hydrogens is 469 g/mol. The van der Waals surface area contributed by atoms with Gasteiger partial charge in [-0.2, -0.15) is 13.2 Å². The topological polar surface area (TPSA) is 58.6 Å². The molecule has 4 rings (SSSR count). The van der Waals surface area contributed by atoms with Crippen molar-refractivity contribution in [3.05, 3.63) is 41.7 Å². The van der Waals surface area contributed by atoms with Gasteiger partial charge < -0.3 is 14.5 Å². The zero-order valence-electron chi connectivity index (χ0n) is 21.3. The summed E-state index contributed by atoms with van der Waals surface area (Å²) in [6.07, 6.45) is 3.66. The first-order chi connectivity index (χ1) is 17.0. The fraction of sp³-hybridized carbons (Fsp3) is 0.593. The molecule has 0 radical (unpaired) electrons. The van der Waals surface area contributed by atoms with Crippen LogP contribution in [0.4, 0.5) is 23.8 Å². The molecule has 0 aromatic carbocycles. The highest BCUT2D eigenvalue weighted by atomic mass is 19.4. The zero-order valence-corrected chi connectivity index (χ0v) is 21.3. The van der Waals surface area contributed by atoms with Crippen LogP contribution in [0.1, 0.15) is 64.1 Å². The number of carbonyl (C=O) groups is 1. The Morgan fingerprint density at radius 1 is 1.03 bits per heavy atom. The SMILES string of the molecule is CC(C)(C)OC(=O)N1CCN(c2cc(C(F)(F)F)cc(-c3ccnc(CC4CCCCC4)c3)n2)CC1. The van der Waals surface area contributed by atoms with Crippen molar-refractivity contribution in [2.24, 2.45) is 5.92 Å². The van der Waals surface area contributed by atoms with E-state index in [0.717, 1.165) is 24.2 Å². The predicted octanol–water partition coefficient (Wildman–Crippen LogP) is 6.34. The minimum Gasteiger partial charge on any atom is -0.444 e. The summed E-state index contributed by atoms with van der Waals surface area (Å²) < 4.78 is 46.9. The van der Waals surface area contributed by atoms with Crippen molar-refractivity contribution >= 4 is 11.9 Å². The number of amides is 1. The van der Waals surface area contributed by atoms with Gasteiger partial charge in [0.05, 0.1) is 11.3 Å². The summed E-state index contributed by atoms with van der Waals surface area (Å²) in [5.41, 5.74) is 0.470. The normalized spacial score (nSPS) is 17.8. The number of alkyl halides is 3. The lowest BCUT2D eigenvalue weighted by atomic mass is 9.86. The van der Waals surface area contributed by atoms with Gasteiger partial charge in [0.25, 0.3) is 0 Å². The molecule has 2 aliphatic rings. The monoisotopic (exact) mass is 504 g/mol. The fourth-order valence-corrected chi connectivity index (χ4v) is 4.87. The molecule has 2 fully saturated rings. The first kappa shape index (κ1) is 26.2. The molecule has 196 valence electrons. The Balaban J connectivity index is 1.54. The average molecular weight is 505 g/mol. The van der Waals surface area contributed by atoms with E-state index < -0.39 is 23.4 Å². The van der Waals surface area contributed by atoms with Gasteiger partial charge in [0.2, 0.25) is 0 Å². The molecule has 0 N–H and O–H groups in total. The highest BCUT2D eigenvalue weighted by Crippen LogP contribution is 2.35. The van der Waals surface area contributed by atoms with Crippen LogP contribution >= 0.6 is 0 Å². The first-order valence-corrected chi connectivity index (χ1v) is 12.8. The van der Waals surface area contributed by atoms with E-state index in [0.29, 0.717) is 37.7 Å². The van der Waals surface area contributed by atoms with Crippen LogP contribution in [-0.2, 0) is 17.3 Å². The molecule has 0 unspecified atom stereocenters. The maximum atomic E-state index is 13.8. The second-order valence-electron chi connectivity index (χ2n) is 10.8. The van der Waals surface area contributed by atoms with Crippen molar-refractivity contribution in [2.45, 2.75) is 71.1 Å². The molecule has 9 heteroatoms. The third-order valence-electron chi connectivity index (χ3n) is 6.73. The molecule has 1 saturated carbocycles. The van der Waals surface area contributed by atoms with Crippen LogP contribution in [-0.4, -0.2) is 52.7 Å². The third kappa shape index (κ3) is 6.89. The van der Waals surface area contributed by atoms with Gasteiger partial charge in [0, 0.05) is 43.6 Å². The van der Waals surface area contributed by atoms with E-state index in [1.54, 1.807) is 42.8 Å². The summed E-state index contributed by atoms with van der Waals surface area (Å²) in [4.78, 5) is 24.9. The van der Waals surface area contributed by atoms with Crippen molar-refractivity contribution in [3.8, 4) is 11.3 Å². The first-order valence-electron chi connectivity index (χ1n) is 12.8. The van der Waals surface area contributed by atoms with E-state index in [4.69, 9.17) is 4.74 Å². The van der Waals surface area contributed by atoms with E-state index in [2.05, 4.69) is 9.97 Å². The Labute approximate surface area is 210 Å². The summed E-state index contributed by atoms with van der Waals surface area (Å²) in [5, 5.41) is 0. The summed E-state index contributed by atoms with van der Waals surface area (Å²) in [6.45, 7) is 6.84. The van der Waals surface area contributed by atoms with E-state index in [-0.39, 0.29) is 11.5 Å². The fourth-order valence-electron chi connectivity index (χ4n) is 4.87. The number of nitrogens with zero attached hydrogens (tertiary/aromatic N) is 4. The maximum Gasteiger partial charge on any atom is 0.416 e. The molecule has 36 heavy (non-hydrogen) atoms. The standard InChI is InChI=1S/C27H35F3N4O2/c1-26(2,3)36-25(35)34-13-11-33(12-14-34)24-18-21(27(28,29)30)17-23(32-24)20-9-10-31-22(16-20)15-19-7-5-4-6-8-19/h9-10,16-19H,4-8,11-15H2,1-3H3. The van der Waals surface area contributed by atoms with Crippen molar-refractivity contribution in [1.29, 1.82) is 0 Å². The smallest absolute Gasteiger partial charge is 0.416 e. The largest absolute Gasteiger partial charge is 0.444 e. The minimum atomic E-state index is -4.50. The lowest BCUT2D eigenvalue weighted by Crippen LogP contribution is -2.50. The van der Waals surface area contributed by atoms with E-state index in [9.17, 15) is 18.0 Å². The summed E-state index contributed by atoms with van der Waals surface area (Å²) >= 11 is 0. The highest BCUT2D eigenvalue weighted by molar-refractivity contribution is 5.69. The predicted molar refractivity (Wildman–Crippen MR) is 133 cm³/mol. The Kier molecular flexibility index (Phi) is 7.76. The molecule has 1 aliphatic carbocycles. The van der Waals surface area contributed by atoms with Crippen molar-refractivity contribution in [3.63, 3.8) is 0 Å². The number of hydrogen-bond acceptors (Lipinski definition) is 5. The quantitative estimate of drug-likeness (QED) is 0.486. The number of anilines is 1. The van der Waals surface area contributed by atoms with Crippen LogP contribution in [0.3, 0.4) is 0 Å². The van der Waals surface area contributed by atoms with Gasteiger partial charge >= 0.3 is 12.3 Å². The van der Waals surface area contributed by atoms with Gasteiger partial charge in [0.1, 0.15) is 11.4 Å². The Bertz CT molecular complexity index is 1050. The molecule has 0 spiro atoms. The van der Waals surface area contributed by atoms with Crippen molar-refractivity contribution < 1.29 is 22.7 Å². The van der Waals surface area contributed by atoms with Gasteiger partial charge in [0.15, 0.2) is 0 Å². The van der Waals surface area contributed by atoms with Crippen LogP contribution < -0.4 is 4.90 Å². The zero-order chi connectivity index (χ0) is 25.9. The maximum absolute atomic E-state index is 13.8. The van der Waals surface area contributed by atoms with Crippen LogP contribution in [0.2, 0.25) is 0 Å². The third-order valence-corrected chi connectivity index (χ3v) is 6.73. The molecule has 6 nitrogen and oxygen atoms in total. The molecule has 3 heterocycles. The van der Waals surface area contributed by atoms with Crippen LogP contribution in [0, 0.1) is 5.92 Å². The van der Waals surface area contributed by atoms with E-state index >= 15 is 0 Å². The van der Waals surface area contributed by atoms with Crippen LogP contribution in [0.25, 0.3) is 11.3 Å². The van der Waals surface area contributed by atoms with Gasteiger partial charge in [-0.1, -0.05) is 32.1 Å². The Morgan fingerprint density at radius 2 is 1.72 bits per heavy atom. The van der Waals surface area contributed by atoms with Gasteiger partial charge in [-0.15, -0.1) is 0 Å². The molecule has 1 saturated heterocycles. The Hall–Kier alpha value is -2.84. The number of halogens is 3. The van der Waals surface area contributed by atoms with Crippen LogP contribution in [0.5, 0.6) is 0 Å². The summed E-state index contributed by atoms with van der Waals surface area (Å²) in [5.74, 6) is 0.835. The molecule has 1 aliphatic heterocycles.